The predicted molar refractivity (Wildman–Crippen MR) is 83.1 cm³/mol. The fourth-order valence-electron chi connectivity index (χ4n) is 2.56. The van der Waals surface area contributed by atoms with Gasteiger partial charge in [0.25, 0.3) is 0 Å². The lowest BCUT2D eigenvalue weighted by atomic mass is 10.1. The summed E-state index contributed by atoms with van der Waals surface area (Å²) >= 11 is 0. The van der Waals surface area contributed by atoms with Gasteiger partial charge in [0.05, 0.1) is 6.54 Å². The Balaban J connectivity index is 1.92. The maximum Gasteiger partial charge on any atom is 0.243 e. The Morgan fingerprint density at radius 3 is 2.59 bits per heavy atom. The summed E-state index contributed by atoms with van der Waals surface area (Å²) in [5.41, 5.74) is 12.3. The molecule has 2 rings (SSSR count). The van der Waals surface area contributed by atoms with E-state index in [1.807, 2.05) is 12.1 Å². The van der Waals surface area contributed by atoms with Crippen molar-refractivity contribution in [3.05, 3.63) is 35.4 Å². The fourth-order valence-corrected chi connectivity index (χ4v) is 2.56. The van der Waals surface area contributed by atoms with Crippen molar-refractivity contribution >= 4 is 17.6 Å². The molecule has 1 saturated heterocycles. The predicted octanol–water partition coefficient (Wildman–Crippen LogP) is -0.463. The van der Waals surface area contributed by atoms with Gasteiger partial charge in [-0.2, -0.15) is 0 Å². The van der Waals surface area contributed by atoms with Crippen LogP contribution in [-0.4, -0.2) is 41.7 Å². The lowest BCUT2D eigenvalue weighted by Gasteiger charge is -2.23. The Morgan fingerprint density at radius 1 is 1.32 bits per heavy atom. The Morgan fingerprint density at radius 2 is 2.00 bits per heavy atom. The molecule has 0 saturated carbocycles. The number of carbonyl (C=O) groups excluding carboxylic acids is 2. The molecule has 1 aliphatic rings. The molecule has 1 aliphatic heterocycles. The van der Waals surface area contributed by atoms with E-state index in [0.29, 0.717) is 25.1 Å². The highest BCUT2D eigenvalue weighted by Crippen LogP contribution is 2.17. The molecule has 2 amide bonds. The van der Waals surface area contributed by atoms with Crippen LogP contribution in [0.4, 0.5) is 0 Å². The molecule has 1 atom stereocenters. The number of likely N-dealkylation sites (tertiary alicyclic amines) is 1. The zero-order chi connectivity index (χ0) is 16.1. The van der Waals surface area contributed by atoms with Crippen LogP contribution < -0.4 is 16.8 Å². The molecular formula is C15H21N5O2. The highest BCUT2D eigenvalue weighted by molar-refractivity contribution is 5.94. The largest absolute Gasteiger partial charge is 0.384 e. The quantitative estimate of drug-likeness (QED) is 0.433. The third-order valence-corrected chi connectivity index (χ3v) is 3.78. The minimum absolute atomic E-state index is 0.0116. The van der Waals surface area contributed by atoms with Gasteiger partial charge in [0.2, 0.25) is 11.8 Å². The van der Waals surface area contributed by atoms with Gasteiger partial charge in [0.15, 0.2) is 0 Å². The number of rotatable bonds is 5. The average Bonchev–Trinajstić information content (AvgIpc) is 3.01. The summed E-state index contributed by atoms with van der Waals surface area (Å²) in [4.78, 5) is 25.5. The topological polar surface area (TPSA) is 125 Å². The van der Waals surface area contributed by atoms with Crippen LogP contribution in [-0.2, 0) is 16.1 Å². The number of hydrogen-bond donors (Lipinski definition) is 4. The van der Waals surface area contributed by atoms with Crippen molar-refractivity contribution in [2.45, 2.75) is 25.4 Å². The number of nitrogens with two attached hydrogens (primary N) is 2. The van der Waals surface area contributed by atoms with Gasteiger partial charge in [0, 0.05) is 18.7 Å². The standard InChI is InChI=1S/C15H21N5O2/c16-8-13(21)20-7-1-2-12(20)15(22)19-9-10-3-5-11(6-4-10)14(17)18/h3-6,12H,1-2,7-9,16H2,(H3,17,18)(H,19,22)/t12-/m1/s1. The molecule has 0 radical (unpaired) electrons. The number of amides is 2. The average molecular weight is 303 g/mol. The Bertz CT molecular complexity index is 570. The van der Waals surface area contributed by atoms with E-state index in [4.69, 9.17) is 16.9 Å². The summed E-state index contributed by atoms with van der Waals surface area (Å²) in [5, 5.41) is 10.2. The Labute approximate surface area is 129 Å². The third kappa shape index (κ3) is 3.62. The van der Waals surface area contributed by atoms with E-state index in [-0.39, 0.29) is 24.2 Å². The molecule has 7 heteroatoms. The van der Waals surface area contributed by atoms with Crippen molar-refractivity contribution in [3.8, 4) is 0 Å². The summed E-state index contributed by atoms with van der Waals surface area (Å²) in [7, 11) is 0. The Kier molecular flexibility index (Phi) is 5.11. The minimum atomic E-state index is -0.424. The normalized spacial score (nSPS) is 17.3. The van der Waals surface area contributed by atoms with Crippen molar-refractivity contribution in [3.63, 3.8) is 0 Å². The van der Waals surface area contributed by atoms with E-state index in [1.165, 1.54) is 0 Å². The lowest BCUT2D eigenvalue weighted by Crippen LogP contribution is -2.47. The molecule has 0 bridgehead atoms. The van der Waals surface area contributed by atoms with Crippen LogP contribution >= 0.6 is 0 Å². The first-order valence-electron chi connectivity index (χ1n) is 7.23. The number of nitrogen functional groups attached to an aromatic ring is 1. The van der Waals surface area contributed by atoms with Crippen LogP contribution in [0.2, 0.25) is 0 Å². The van der Waals surface area contributed by atoms with Gasteiger partial charge in [-0.15, -0.1) is 0 Å². The lowest BCUT2D eigenvalue weighted by molar-refractivity contribution is -0.137. The van der Waals surface area contributed by atoms with Gasteiger partial charge >= 0.3 is 0 Å². The third-order valence-electron chi connectivity index (χ3n) is 3.78. The molecule has 22 heavy (non-hydrogen) atoms. The molecule has 1 aromatic carbocycles. The maximum absolute atomic E-state index is 12.2. The van der Waals surface area contributed by atoms with E-state index in [9.17, 15) is 9.59 Å². The number of carbonyl (C=O) groups is 2. The fraction of sp³-hybridized carbons (Fsp3) is 0.400. The van der Waals surface area contributed by atoms with Crippen molar-refractivity contribution in [1.29, 1.82) is 5.41 Å². The zero-order valence-electron chi connectivity index (χ0n) is 12.3. The summed E-state index contributed by atoms with van der Waals surface area (Å²) in [6, 6.07) is 6.68. The smallest absolute Gasteiger partial charge is 0.243 e. The van der Waals surface area contributed by atoms with Gasteiger partial charge in [-0.3, -0.25) is 15.0 Å². The first kappa shape index (κ1) is 16.0. The van der Waals surface area contributed by atoms with E-state index >= 15 is 0 Å². The number of nitrogens with zero attached hydrogens (tertiary/aromatic N) is 1. The highest BCUT2D eigenvalue weighted by atomic mass is 16.2. The number of hydrogen-bond acceptors (Lipinski definition) is 4. The number of benzene rings is 1. The molecular weight excluding hydrogens is 282 g/mol. The molecule has 0 unspecified atom stereocenters. The number of nitrogens with one attached hydrogen (secondary N) is 2. The van der Waals surface area contributed by atoms with Crippen molar-refractivity contribution in [2.24, 2.45) is 11.5 Å². The minimum Gasteiger partial charge on any atom is -0.384 e. The van der Waals surface area contributed by atoms with Crippen molar-refractivity contribution in [1.82, 2.24) is 10.2 Å². The monoisotopic (exact) mass is 303 g/mol. The second kappa shape index (κ2) is 7.04. The van der Waals surface area contributed by atoms with Gasteiger partial charge in [0.1, 0.15) is 11.9 Å². The van der Waals surface area contributed by atoms with Gasteiger partial charge < -0.3 is 21.7 Å². The molecule has 0 spiro atoms. The summed E-state index contributed by atoms with van der Waals surface area (Å²) in [5.74, 6) is -0.337. The zero-order valence-corrected chi connectivity index (χ0v) is 12.3. The Hall–Kier alpha value is -2.41. The van der Waals surface area contributed by atoms with Gasteiger partial charge in [-0.1, -0.05) is 24.3 Å². The van der Waals surface area contributed by atoms with Gasteiger partial charge in [-0.05, 0) is 18.4 Å². The molecule has 118 valence electrons. The second-order valence-corrected chi connectivity index (χ2v) is 5.28. The highest BCUT2D eigenvalue weighted by Gasteiger charge is 2.33. The molecule has 6 N–H and O–H groups in total. The first-order valence-corrected chi connectivity index (χ1v) is 7.23. The molecule has 1 aromatic rings. The molecule has 1 heterocycles. The van der Waals surface area contributed by atoms with Crippen LogP contribution in [0.15, 0.2) is 24.3 Å². The maximum atomic E-state index is 12.2. The second-order valence-electron chi connectivity index (χ2n) is 5.28. The van der Waals surface area contributed by atoms with Crippen LogP contribution in [0.1, 0.15) is 24.0 Å². The van der Waals surface area contributed by atoms with Gasteiger partial charge in [-0.25, -0.2) is 0 Å². The molecule has 0 aliphatic carbocycles. The summed E-state index contributed by atoms with van der Waals surface area (Å²) < 4.78 is 0. The first-order chi connectivity index (χ1) is 10.5. The summed E-state index contributed by atoms with van der Waals surface area (Å²) in [6.45, 7) is 0.885. The summed E-state index contributed by atoms with van der Waals surface area (Å²) in [6.07, 6.45) is 1.48. The van der Waals surface area contributed by atoms with E-state index in [0.717, 1.165) is 12.0 Å². The molecule has 1 fully saturated rings. The van der Waals surface area contributed by atoms with Crippen LogP contribution in [0.5, 0.6) is 0 Å². The van der Waals surface area contributed by atoms with E-state index in [1.54, 1.807) is 17.0 Å². The molecule has 7 nitrogen and oxygen atoms in total. The van der Waals surface area contributed by atoms with E-state index in [2.05, 4.69) is 5.32 Å². The molecule has 0 aromatic heterocycles. The SMILES string of the molecule is N=C(N)c1ccc(CNC(=O)[C@H]2CCCN2C(=O)CN)cc1. The van der Waals surface area contributed by atoms with Crippen LogP contribution in [0.25, 0.3) is 0 Å². The van der Waals surface area contributed by atoms with E-state index < -0.39 is 6.04 Å². The van der Waals surface area contributed by atoms with Crippen molar-refractivity contribution < 1.29 is 9.59 Å². The van der Waals surface area contributed by atoms with Crippen LogP contribution in [0.3, 0.4) is 0 Å². The number of amidine groups is 1. The van der Waals surface area contributed by atoms with Crippen molar-refractivity contribution in [2.75, 3.05) is 13.1 Å². The van der Waals surface area contributed by atoms with Crippen LogP contribution in [0, 0.1) is 5.41 Å².